The van der Waals surface area contributed by atoms with E-state index in [4.69, 9.17) is 21.7 Å². The number of nitrogens with one attached hydrogen (secondary N) is 2. The van der Waals surface area contributed by atoms with Gasteiger partial charge in [0.1, 0.15) is 5.82 Å². The predicted molar refractivity (Wildman–Crippen MR) is 131 cm³/mol. The number of thiocarbonyl (C=S) groups is 1. The van der Waals surface area contributed by atoms with Gasteiger partial charge in [-0.15, -0.1) is 0 Å². The molecule has 174 valence electrons. The van der Waals surface area contributed by atoms with Crippen molar-refractivity contribution in [3.8, 4) is 11.5 Å². The summed E-state index contributed by atoms with van der Waals surface area (Å²) in [5.74, 6) is 1.25. The zero-order valence-electron chi connectivity index (χ0n) is 19.6. The molecule has 0 radical (unpaired) electrons. The minimum absolute atomic E-state index is 0.00456. The molecular formula is C25H34FN3O2S. The second kappa shape index (κ2) is 11.0. The van der Waals surface area contributed by atoms with Crippen molar-refractivity contribution in [2.45, 2.75) is 58.3 Å². The summed E-state index contributed by atoms with van der Waals surface area (Å²) < 4.78 is 25.7. The van der Waals surface area contributed by atoms with Crippen molar-refractivity contribution >= 4 is 17.3 Å². The molecule has 32 heavy (non-hydrogen) atoms. The van der Waals surface area contributed by atoms with E-state index in [0.717, 1.165) is 30.7 Å². The monoisotopic (exact) mass is 459 g/mol. The van der Waals surface area contributed by atoms with E-state index in [1.165, 1.54) is 11.6 Å². The predicted octanol–water partition coefficient (Wildman–Crippen LogP) is 4.59. The maximum atomic E-state index is 14.5. The molecule has 2 atom stereocenters. The molecule has 0 saturated heterocycles. The molecule has 3 rings (SSSR count). The Bertz CT molecular complexity index is 937. The van der Waals surface area contributed by atoms with Crippen molar-refractivity contribution in [2.24, 2.45) is 0 Å². The van der Waals surface area contributed by atoms with Gasteiger partial charge < -0.3 is 20.1 Å². The Morgan fingerprint density at radius 3 is 2.47 bits per heavy atom. The minimum Gasteiger partial charge on any atom is -0.493 e. The number of benzene rings is 2. The van der Waals surface area contributed by atoms with Gasteiger partial charge in [-0.2, -0.15) is 0 Å². The Morgan fingerprint density at radius 2 is 1.84 bits per heavy atom. The summed E-state index contributed by atoms with van der Waals surface area (Å²) in [6.07, 6.45) is 1.71. The lowest BCUT2D eigenvalue weighted by molar-refractivity contribution is 0.140. The maximum Gasteiger partial charge on any atom is 0.166 e. The van der Waals surface area contributed by atoms with Gasteiger partial charge in [0.25, 0.3) is 0 Å². The SMILES string of the molecule is CC[C@H](NC(=S)NC(C)C)[C@H]1c2cc(OC)c(OC)cc2CCN1Cc1ccccc1F. The Morgan fingerprint density at radius 1 is 1.16 bits per heavy atom. The molecule has 0 saturated carbocycles. The molecule has 1 aliphatic rings. The van der Waals surface area contributed by atoms with E-state index in [1.54, 1.807) is 20.3 Å². The van der Waals surface area contributed by atoms with Crippen LogP contribution in [-0.2, 0) is 13.0 Å². The molecule has 0 fully saturated rings. The third-order valence-corrected chi connectivity index (χ3v) is 6.15. The second-order valence-electron chi connectivity index (χ2n) is 8.45. The normalized spacial score (nSPS) is 16.9. The van der Waals surface area contributed by atoms with Crippen LogP contribution in [0.15, 0.2) is 36.4 Å². The molecule has 0 spiro atoms. The number of fused-ring (bicyclic) bond motifs is 1. The summed E-state index contributed by atoms with van der Waals surface area (Å²) in [6.45, 7) is 7.60. The van der Waals surface area contributed by atoms with Gasteiger partial charge in [0.15, 0.2) is 16.6 Å². The van der Waals surface area contributed by atoms with Gasteiger partial charge in [0.2, 0.25) is 0 Å². The number of halogens is 1. The number of ether oxygens (including phenoxy) is 2. The van der Waals surface area contributed by atoms with Gasteiger partial charge in [-0.05, 0) is 68.2 Å². The highest BCUT2D eigenvalue weighted by molar-refractivity contribution is 7.80. The summed E-state index contributed by atoms with van der Waals surface area (Å²) in [6, 6.07) is 11.4. The quantitative estimate of drug-likeness (QED) is 0.563. The van der Waals surface area contributed by atoms with Crippen LogP contribution in [0.3, 0.4) is 0 Å². The fourth-order valence-electron chi connectivity index (χ4n) is 4.40. The lowest BCUT2D eigenvalue weighted by Crippen LogP contribution is -2.51. The molecule has 0 aromatic heterocycles. The van der Waals surface area contributed by atoms with Crippen LogP contribution in [0.5, 0.6) is 11.5 Å². The first-order valence-electron chi connectivity index (χ1n) is 11.2. The standard InChI is InChI=1S/C25H34FN3O2S/c1-6-21(28-25(32)27-16(2)3)24-19-14-23(31-5)22(30-4)13-17(19)11-12-29(24)15-18-9-7-8-10-20(18)26/h7-10,13-14,16,21,24H,6,11-12,15H2,1-5H3,(H2,27,28,32)/t21-,24+/m0/s1. The van der Waals surface area contributed by atoms with Crippen molar-refractivity contribution < 1.29 is 13.9 Å². The van der Waals surface area contributed by atoms with Crippen molar-refractivity contribution in [3.05, 3.63) is 58.9 Å². The van der Waals surface area contributed by atoms with E-state index in [-0.39, 0.29) is 23.9 Å². The molecule has 1 heterocycles. The fraction of sp³-hybridized carbons (Fsp3) is 0.480. The molecule has 2 aromatic carbocycles. The van der Waals surface area contributed by atoms with Crippen molar-refractivity contribution in [1.29, 1.82) is 0 Å². The smallest absolute Gasteiger partial charge is 0.166 e. The van der Waals surface area contributed by atoms with Crippen LogP contribution in [-0.4, -0.2) is 42.9 Å². The van der Waals surface area contributed by atoms with E-state index in [0.29, 0.717) is 23.0 Å². The number of rotatable bonds is 8. The lowest BCUT2D eigenvalue weighted by atomic mass is 9.86. The molecule has 0 amide bonds. The van der Waals surface area contributed by atoms with E-state index < -0.39 is 0 Å². The van der Waals surface area contributed by atoms with E-state index in [1.807, 2.05) is 12.1 Å². The van der Waals surface area contributed by atoms with E-state index in [2.05, 4.69) is 48.4 Å². The van der Waals surface area contributed by atoms with Crippen molar-refractivity contribution in [1.82, 2.24) is 15.5 Å². The summed E-state index contributed by atoms with van der Waals surface area (Å²) >= 11 is 5.57. The molecule has 0 bridgehead atoms. The zero-order chi connectivity index (χ0) is 23.3. The van der Waals surface area contributed by atoms with Crippen LogP contribution in [0.2, 0.25) is 0 Å². The Balaban J connectivity index is 2.02. The average Bonchev–Trinajstić information content (AvgIpc) is 2.77. The fourth-order valence-corrected chi connectivity index (χ4v) is 4.79. The topological polar surface area (TPSA) is 45.8 Å². The Kier molecular flexibility index (Phi) is 8.32. The van der Waals surface area contributed by atoms with Crippen LogP contribution in [0.1, 0.15) is 49.9 Å². The van der Waals surface area contributed by atoms with Crippen LogP contribution >= 0.6 is 12.2 Å². The van der Waals surface area contributed by atoms with Gasteiger partial charge in [-0.25, -0.2) is 4.39 Å². The summed E-state index contributed by atoms with van der Waals surface area (Å²) in [4.78, 5) is 2.34. The van der Waals surface area contributed by atoms with Crippen molar-refractivity contribution in [2.75, 3.05) is 20.8 Å². The molecule has 7 heteroatoms. The molecule has 5 nitrogen and oxygen atoms in total. The lowest BCUT2D eigenvalue weighted by Gasteiger charge is -2.42. The van der Waals surface area contributed by atoms with E-state index in [9.17, 15) is 4.39 Å². The largest absolute Gasteiger partial charge is 0.493 e. The average molecular weight is 460 g/mol. The molecule has 0 aliphatic carbocycles. The van der Waals surface area contributed by atoms with Gasteiger partial charge >= 0.3 is 0 Å². The number of methoxy groups -OCH3 is 2. The number of hydrogen-bond acceptors (Lipinski definition) is 4. The summed E-state index contributed by atoms with van der Waals surface area (Å²) in [7, 11) is 3.30. The van der Waals surface area contributed by atoms with Gasteiger partial charge in [-0.1, -0.05) is 25.1 Å². The van der Waals surface area contributed by atoms with E-state index >= 15 is 0 Å². The summed E-state index contributed by atoms with van der Waals surface area (Å²) in [5, 5.41) is 7.43. The Labute approximate surface area is 196 Å². The molecule has 2 aromatic rings. The van der Waals surface area contributed by atoms with Gasteiger partial charge in [-0.3, -0.25) is 4.90 Å². The molecule has 1 aliphatic heterocycles. The molecule has 2 N–H and O–H groups in total. The van der Waals surface area contributed by atoms with Crippen LogP contribution in [0.4, 0.5) is 4.39 Å². The summed E-state index contributed by atoms with van der Waals surface area (Å²) in [5.41, 5.74) is 3.08. The third-order valence-electron chi connectivity index (χ3n) is 5.91. The van der Waals surface area contributed by atoms with Crippen LogP contribution in [0.25, 0.3) is 0 Å². The third kappa shape index (κ3) is 5.51. The highest BCUT2D eigenvalue weighted by Crippen LogP contribution is 2.40. The van der Waals surface area contributed by atoms with Gasteiger partial charge in [0, 0.05) is 30.7 Å². The van der Waals surface area contributed by atoms with Crippen LogP contribution < -0.4 is 20.1 Å². The first kappa shape index (κ1) is 24.3. The second-order valence-corrected chi connectivity index (χ2v) is 8.86. The van der Waals surface area contributed by atoms with Crippen molar-refractivity contribution in [3.63, 3.8) is 0 Å². The molecular weight excluding hydrogens is 425 g/mol. The highest BCUT2D eigenvalue weighted by atomic mass is 32.1. The molecule has 0 unspecified atom stereocenters. The highest BCUT2D eigenvalue weighted by Gasteiger charge is 2.35. The van der Waals surface area contributed by atoms with Gasteiger partial charge in [0.05, 0.1) is 20.3 Å². The number of nitrogens with zero attached hydrogens (tertiary/aromatic N) is 1. The number of hydrogen-bond donors (Lipinski definition) is 2. The zero-order valence-corrected chi connectivity index (χ0v) is 20.4. The van der Waals surface area contributed by atoms with Crippen LogP contribution in [0, 0.1) is 5.82 Å². The first-order valence-corrected chi connectivity index (χ1v) is 11.6. The first-order chi connectivity index (χ1) is 15.4. The Hall–Kier alpha value is -2.38. The minimum atomic E-state index is -0.178. The maximum absolute atomic E-state index is 14.5.